The lowest BCUT2D eigenvalue weighted by molar-refractivity contribution is -0.665. The van der Waals surface area contributed by atoms with Crippen molar-refractivity contribution in [1.82, 2.24) is 0 Å². The Hall–Kier alpha value is -2.13. The summed E-state index contributed by atoms with van der Waals surface area (Å²) in [5.41, 5.74) is 5.92. The van der Waals surface area contributed by atoms with Gasteiger partial charge in [-0.25, -0.2) is 0 Å². The molecular weight excluding hydrogens is 472 g/mol. The predicted molar refractivity (Wildman–Crippen MR) is 140 cm³/mol. The summed E-state index contributed by atoms with van der Waals surface area (Å²) in [5, 5.41) is 2.28. The highest BCUT2D eigenvalue weighted by Crippen LogP contribution is 2.47. The van der Waals surface area contributed by atoms with E-state index in [1.54, 1.807) is 23.1 Å². The number of thiazole rings is 1. The average Bonchev–Trinajstić information content (AvgIpc) is 3.24. The number of anilines is 1. The van der Waals surface area contributed by atoms with E-state index in [4.69, 9.17) is 0 Å². The normalized spacial score (nSPS) is 15.6. The summed E-state index contributed by atoms with van der Waals surface area (Å²) in [5.74, 6) is -0.241. The van der Waals surface area contributed by atoms with Crippen molar-refractivity contribution < 1.29 is 17.5 Å². The first-order valence-electron chi connectivity index (χ1n) is 11.0. The number of hydrogen-bond donors (Lipinski definition) is 1. The number of aromatic nitrogens is 1. The molecule has 2 heterocycles. The zero-order valence-electron chi connectivity index (χ0n) is 19.3. The van der Waals surface area contributed by atoms with E-state index in [0.717, 1.165) is 22.8 Å². The van der Waals surface area contributed by atoms with Gasteiger partial charge in [0.25, 0.3) is 15.1 Å². The van der Waals surface area contributed by atoms with Crippen LogP contribution in [-0.4, -0.2) is 25.3 Å². The third-order valence-electron chi connectivity index (χ3n) is 5.79. The zero-order valence-corrected chi connectivity index (χ0v) is 21.8. The number of benzene rings is 2. The maximum atomic E-state index is 11.3. The van der Waals surface area contributed by atoms with Crippen molar-refractivity contribution in [2.24, 2.45) is 0 Å². The van der Waals surface area contributed by atoms with Crippen LogP contribution >= 0.6 is 23.1 Å². The molecule has 0 aliphatic carbocycles. The van der Waals surface area contributed by atoms with Gasteiger partial charge in [0, 0.05) is 23.6 Å². The second-order valence-corrected chi connectivity index (χ2v) is 12.0. The maximum absolute atomic E-state index is 11.3. The third kappa shape index (κ3) is 5.35. The van der Waals surface area contributed by atoms with Crippen molar-refractivity contribution in [3.63, 3.8) is 0 Å². The Morgan fingerprint density at radius 2 is 1.91 bits per heavy atom. The van der Waals surface area contributed by atoms with E-state index < -0.39 is 10.1 Å². The van der Waals surface area contributed by atoms with Crippen LogP contribution in [0.4, 0.5) is 5.69 Å². The number of thioether (sulfide) groups is 1. The lowest BCUT2D eigenvalue weighted by atomic mass is 10.1. The van der Waals surface area contributed by atoms with Crippen molar-refractivity contribution in [2.45, 2.75) is 45.6 Å². The number of rotatable bonds is 7. The fourth-order valence-electron chi connectivity index (χ4n) is 4.01. The van der Waals surface area contributed by atoms with Gasteiger partial charge in [-0.15, -0.1) is 0 Å². The molecule has 0 unspecified atom stereocenters. The molecule has 0 bridgehead atoms. The molecule has 1 aromatic heterocycles. The lowest BCUT2D eigenvalue weighted by Crippen LogP contribution is -2.33. The van der Waals surface area contributed by atoms with Crippen LogP contribution in [0.15, 0.2) is 58.0 Å². The summed E-state index contributed by atoms with van der Waals surface area (Å²) in [7, 11) is -3.98. The van der Waals surface area contributed by atoms with Gasteiger partial charge in [0.1, 0.15) is 11.2 Å². The number of nitrogens with zero attached hydrogens (tertiary/aromatic N) is 2. The molecule has 0 saturated carbocycles. The predicted octanol–water partition coefficient (Wildman–Crippen LogP) is 5.96. The molecule has 1 N–H and O–H groups in total. The summed E-state index contributed by atoms with van der Waals surface area (Å²) in [6.45, 7) is 9.90. The van der Waals surface area contributed by atoms with Crippen LogP contribution in [-0.2, 0) is 16.7 Å². The fourth-order valence-corrected chi connectivity index (χ4v) is 7.02. The van der Waals surface area contributed by atoms with Crippen LogP contribution in [0.1, 0.15) is 36.4 Å². The Balaban J connectivity index is 1.68. The molecule has 33 heavy (non-hydrogen) atoms. The van der Waals surface area contributed by atoms with Gasteiger partial charge in [-0.3, -0.25) is 4.55 Å². The van der Waals surface area contributed by atoms with Crippen LogP contribution in [0.5, 0.6) is 0 Å². The minimum atomic E-state index is -3.98. The summed E-state index contributed by atoms with van der Waals surface area (Å²) in [6.07, 6.45) is 4.75. The van der Waals surface area contributed by atoms with Gasteiger partial charge in [-0.05, 0) is 75.1 Å². The average molecular weight is 502 g/mol. The molecule has 2 aromatic carbocycles. The Morgan fingerprint density at radius 1 is 1.18 bits per heavy atom. The van der Waals surface area contributed by atoms with Gasteiger partial charge < -0.3 is 4.90 Å². The summed E-state index contributed by atoms with van der Waals surface area (Å²) >= 11 is 3.50. The molecule has 0 atom stereocenters. The van der Waals surface area contributed by atoms with Gasteiger partial charge >= 0.3 is 0 Å². The molecule has 0 spiro atoms. The van der Waals surface area contributed by atoms with Crippen molar-refractivity contribution in [1.29, 1.82) is 0 Å². The lowest BCUT2D eigenvalue weighted by Gasteiger charge is -2.21. The topological polar surface area (TPSA) is 61.5 Å². The van der Waals surface area contributed by atoms with Crippen molar-refractivity contribution >= 4 is 55.2 Å². The molecule has 0 fully saturated rings. The van der Waals surface area contributed by atoms with E-state index >= 15 is 0 Å². The number of allylic oxidation sites excluding steroid dienone is 2. The van der Waals surface area contributed by atoms with E-state index in [2.05, 4.69) is 85.7 Å². The quantitative estimate of drug-likeness (QED) is 0.320. The Bertz CT molecular complexity index is 1370. The van der Waals surface area contributed by atoms with Gasteiger partial charge in [-0.1, -0.05) is 35.2 Å². The van der Waals surface area contributed by atoms with E-state index in [0.29, 0.717) is 13.0 Å². The fraction of sp³-hybridized carbons (Fsp3) is 0.320. The Kier molecular flexibility index (Phi) is 7.00. The molecule has 8 heteroatoms. The molecular formula is C25H29N2O3S3+. The highest BCUT2D eigenvalue weighted by molar-refractivity contribution is 8.03. The van der Waals surface area contributed by atoms with Crippen LogP contribution in [0.25, 0.3) is 16.3 Å². The van der Waals surface area contributed by atoms with Crippen LogP contribution < -0.4 is 9.47 Å². The highest BCUT2D eigenvalue weighted by Gasteiger charge is 2.26. The van der Waals surface area contributed by atoms with Crippen molar-refractivity contribution in [2.75, 3.05) is 17.2 Å². The largest absolute Gasteiger partial charge is 0.335 e. The summed E-state index contributed by atoms with van der Waals surface area (Å²) in [4.78, 5) is 3.35. The minimum Gasteiger partial charge on any atom is -0.335 e. The van der Waals surface area contributed by atoms with E-state index in [1.807, 2.05) is 0 Å². The van der Waals surface area contributed by atoms with Crippen LogP contribution in [0.3, 0.4) is 0 Å². The molecule has 3 aromatic rings. The number of fused-ring (bicyclic) bond motifs is 2. The van der Waals surface area contributed by atoms with Crippen LogP contribution in [0.2, 0.25) is 0 Å². The summed E-state index contributed by atoms with van der Waals surface area (Å²) < 4.78 is 35.3. The molecule has 5 nitrogen and oxygen atoms in total. The molecule has 1 aliphatic rings. The Morgan fingerprint density at radius 3 is 2.64 bits per heavy atom. The second kappa shape index (κ2) is 9.62. The van der Waals surface area contributed by atoms with E-state index in [9.17, 15) is 13.0 Å². The van der Waals surface area contributed by atoms with E-state index in [-0.39, 0.29) is 5.75 Å². The standard InChI is InChI=1S/C25H28N2O3S3/c1-5-26-20-9-6-7-10-22(20)31-24(26)13-17(2)14-25-27(11-8-12-33(28,29)30)21-15-18(3)19(4)16-23(21)32-25/h6-7,9-10,13-16H,5,8,11-12H2,1-4H3/p+1. The SMILES string of the molecule is CC[n+]1c(C=C(C)C=C2Sc3cc(C)c(C)cc3N2CCCS(=O)(=O)O)sc2ccccc21. The van der Waals surface area contributed by atoms with Crippen molar-refractivity contribution in [3.05, 3.63) is 69.2 Å². The number of aryl methyl sites for hydroxylation is 3. The maximum Gasteiger partial charge on any atom is 0.264 e. The first-order chi connectivity index (χ1) is 15.7. The smallest absolute Gasteiger partial charge is 0.264 e. The molecule has 0 amide bonds. The first-order valence-corrected chi connectivity index (χ1v) is 14.2. The minimum absolute atomic E-state index is 0.241. The molecule has 0 saturated heterocycles. The molecule has 1 aliphatic heterocycles. The van der Waals surface area contributed by atoms with Crippen molar-refractivity contribution in [3.8, 4) is 0 Å². The van der Waals surface area contributed by atoms with Gasteiger partial charge in [-0.2, -0.15) is 13.0 Å². The van der Waals surface area contributed by atoms with Gasteiger partial charge in [0.2, 0.25) is 5.52 Å². The molecule has 4 rings (SSSR count). The monoisotopic (exact) mass is 501 g/mol. The first kappa shape index (κ1) is 24.0. The highest BCUT2D eigenvalue weighted by atomic mass is 32.2. The van der Waals surface area contributed by atoms with Crippen LogP contribution in [0, 0.1) is 13.8 Å². The van der Waals surface area contributed by atoms with Gasteiger partial charge in [0.05, 0.1) is 16.5 Å². The Labute approximate surface area is 204 Å². The third-order valence-corrected chi connectivity index (χ3v) is 8.80. The van der Waals surface area contributed by atoms with Gasteiger partial charge in [0.15, 0.2) is 0 Å². The zero-order chi connectivity index (χ0) is 23.8. The number of para-hydroxylation sites is 1. The second-order valence-electron chi connectivity index (χ2n) is 8.32. The summed E-state index contributed by atoms with van der Waals surface area (Å²) in [6, 6.07) is 12.8. The van der Waals surface area contributed by atoms with E-state index in [1.165, 1.54) is 31.2 Å². The molecule has 0 radical (unpaired) electrons. The number of hydrogen-bond acceptors (Lipinski definition) is 5. The molecule has 174 valence electrons.